The molecule has 1 N–H and O–H groups in total. The van der Waals surface area contributed by atoms with Crippen LogP contribution in [0.5, 0.6) is 5.75 Å². The Labute approximate surface area is 149 Å². The van der Waals surface area contributed by atoms with Gasteiger partial charge in [0.2, 0.25) is 0 Å². The van der Waals surface area contributed by atoms with E-state index >= 15 is 0 Å². The molecule has 0 atom stereocenters. The molecule has 1 aromatic carbocycles. The summed E-state index contributed by atoms with van der Waals surface area (Å²) in [5, 5.41) is 3.11. The van der Waals surface area contributed by atoms with Gasteiger partial charge in [0.1, 0.15) is 5.75 Å². The van der Waals surface area contributed by atoms with Crippen LogP contribution in [-0.4, -0.2) is 42.1 Å². The van der Waals surface area contributed by atoms with Crippen molar-refractivity contribution >= 4 is 28.5 Å². The number of methoxy groups -OCH3 is 1. The van der Waals surface area contributed by atoms with E-state index < -0.39 is 6.09 Å². The highest BCUT2D eigenvalue weighted by atomic mass is 32.1. The predicted molar refractivity (Wildman–Crippen MR) is 94.2 cm³/mol. The molecule has 1 aliphatic heterocycles. The average molecular weight is 361 g/mol. The first kappa shape index (κ1) is 17.2. The molecule has 0 unspecified atom stereocenters. The summed E-state index contributed by atoms with van der Waals surface area (Å²) >= 11 is 1.37. The monoisotopic (exact) mass is 361 g/mol. The first-order valence-electron chi connectivity index (χ1n) is 7.97. The van der Waals surface area contributed by atoms with Crippen LogP contribution in [0.1, 0.15) is 27.9 Å². The number of anilines is 1. The molecule has 0 saturated carbocycles. The molecule has 8 heteroatoms. The number of fused-ring (bicyclic) bond motifs is 1. The number of ether oxygens (including phenoxy) is 2. The molecule has 7 nitrogen and oxygen atoms in total. The normalized spacial score (nSPS) is 13.1. The molecular formula is C17H19N3O4S. The highest BCUT2D eigenvalue weighted by Crippen LogP contribution is 2.30. The minimum absolute atomic E-state index is 0.0728. The van der Waals surface area contributed by atoms with Gasteiger partial charge < -0.3 is 14.4 Å². The van der Waals surface area contributed by atoms with Gasteiger partial charge in [-0.05, 0) is 19.1 Å². The van der Waals surface area contributed by atoms with E-state index in [1.165, 1.54) is 11.3 Å². The van der Waals surface area contributed by atoms with Gasteiger partial charge in [-0.3, -0.25) is 10.1 Å². The molecular weight excluding hydrogens is 342 g/mol. The fourth-order valence-corrected chi connectivity index (χ4v) is 3.68. The van der Waals surface area contributed by atoms with Crippen molar-refractivity contribution in [1.29, 1.82) is 0 Å². The molecule has 1 aliphatic rings. The molecule has 25 heavy (non-hydrogen) atoms. The molecule has 2 amide bonds. The Kier molecular flexibility index (Phi) is 5.18. The van der Waals surface area contributed by atoms with Crippen molar-refractivity contribution in [3.05, 3.63) is 40.4 Å². The summed E-state index contributed by atoms with van der Waals surface area (Å²) in [6.07, 6.45) is 0.132. The zero-order valence-corrected chi connectivity index (χ0v) is 14.9. The van der Waals surface area contributed by atoms with Crippen molar-refractivity contribution < 1.29 is 19.1 Å². The van der Waals surface area contributed by atoms with Gasteiger partial charge in [-0.2, -0.15) is 0 Å². The average Bonchev–Trinajstić information content (AvgIpc) is 3.02. The molecule has 2 heterocycles. The quantitative estimate of drug-likeness (QED) is 0.906. The number of carbonyl (C=O) groups excluding carboxylic acids is 2. The van der Waals surface area contributed by atoms with Crippen LogP contribution < -0.4 is 10.1 Å². The number of thiazole rings is 1. The maximum atomic E-state index is 12.8. The summed E-state index contributed by atoms with van der Waals surface area (Å²) in [4.78, 5) is 31.5. The zero-order chi connectivity index (χ0) is 17.8. The largest absolute Gasteiger partial charge is 0.496 e. The number of aromatic nitrogens is 1. The third kappa shape index (κ3) is 3.74. The molecule has 0 fully saturated rings. The van der Waals surface area contributed by atoms with Crippen LogP contribution in [0.25, 0.3) is 0 Å². The van der Waals surface area contributed by atoms with E-state index in [9.17, 15) is 9.59 Å². The summed E-state index contributed by atoms with van der Waals surface area (Å²) in [7, 11) is 1.55. The van der Waals surface area contributed by atoms with Crippen molar-refractivity contribution in [3.63, 3.8) is 0 Å². The summed E-state index contributed by atoms with van der Waals surface area (Å²) in [6.45, 7) is 3.09. The summed E-state index contributed by atoms with van der Waals surface area (Å²) in [5.74, 6) is 0.490. The van der Waals surface area contributed by atoms with Gasteiger partial charge in [0.15, 0.2) is 5.13 Å². The van der Waals surface area contributed by atoms with Crippen molar-refractivity contribution in [2.45, 2.75) is 19.9 Å². The van der Waals surface area contributed by atoms with Gasteiger partial charge in [0, 0.05) is 17.8 Å². The number of hydrogen-bond donors (Lipinski definition) is 1. The van der Waals surface area contributed by atoms with E-state index in [0.717, 1.165) is 10.6 Å². The van der Waals surface area contributed by atoms with Crippen molar-refractivity contribution in [2.75, 3.05) is 25.6 Å². The van der Waals surface area contributed by atoms with Crippen molar-refractivity contribution in [2.24, 2.45) is 0 Å². The molecule has 0 aliphatic carbocycles. The summed E-state index contributed by atoms with van der Waals surface area (Å²) in [6, 6.07) is 7.19. The lowest BCUT2D eigenvalue weighted by atomic mass is 10.1. The first-order valence-corrected chi connectivity index (χ1v) is 8.78. The Morgan fingerprint density at radius 3 is 2.92 bits per heavy atom. The van der Waals surface area contributed by atoms with Crippen LogP contribution in [0.15, 0.2) is 24.3 Å². The summed E-state index contributed by atoms with van der Waals surface area (Å²) < 4.78 is 10.1. The highest BCUT2D eigenvalue weighted by molar-refractivity contribution is 7.15. The van der Waals surface area contributed by atoms with Crippen LogP contribution in [-0.2, 0) is 17.7 Å². The third-order valence-corrected chi connectivity index (χ3v) is 4.84. The maximum Gasteiger partial charge on any atom is 0.413 e. The number of para-hydroxylation sites is 1. The summed E-state index contributed by atoms with van der Waals surface area (Å²) in [5.41, 5.74) is 1.46. The van der Waals surface area contributed by atoms with Crippen molar-refractivity contribution in [1.82, 2.24) is 9.88 Å². The van der Waals surface area contributed by atoms with Gasteiger partial charge >= 0.3 is 6.09 Å². The Balaban J connectivity index is 1.73. The van der Waals surface area contributed by atoms with E-state index in [2.05, 4.69) is 10.3 Å². The number of benzene rings is 1. The molecule has 3 rings (SSSR count). The van der Waals surface area contributed by atoms with Crippen molar-refractivity contribution in [3.8, 4) is 5.75 Å². The van der Waals surface area contributed by atoms with Crippen LogP contribution in [0.4, 0.5) is 9.93 Å². The number of rotatable bonds is 4. The Morgan fingerprint density at radius 1 is 1.36 bits per heavy atom. The van der Waals surface area contributed by atoms with Gasteiger partial charge in [0.05, 0.1) is 31.5 Å². The minimum atomic E-state index is -0.518. The van der Waals surface area contributed by atoms with E-state index in [4.69, 9.17) is 9.47 Å². The highest BCUT2D eigenvalue weighted by Gasteiger charge is 2.26. The number of nitrogens with one attached hydrogen (secondary N) is 1. The molecule has 0 bridgehead atoms. The molecule has 1 aromatic heterocycles. The Morgan fingerprint density at radius 2 is 2.16 bits per heavy atom. The third-order valence-electron chi connectivity index (χ3n) is 3.84. The fourth-order valence-electron chi connectivity index (χ4n) is 2.67. The second kappa shape index (κ2) is 7.52. The lowest BCUT2D eigenvalue weighted by Crippen LogP contribution is -2.35. The van der Waals surface area contributed by atoms with Crippen LogP contribution in [0.2, 0.25) is 0 Å². The zero-order valence-electron chi connectivity index (χ0n) is 14.1. The topological polar surface area (TPSA) is 80.8 Å². The smallest absolute Gasteiger partial charge is 0.413 e. The predicted octanol–water partition coefficient (Wildman–Crippen LogP) is 2.92. The Hall–Kier alpha value is -2.61. The molecule has 2 aromatic rings. The number of carbonyl (C=O) groups is 2. The second-order valence-electron chi connectivity index (χ2n) is 5.41. The maximum absolute atomic E-state index is 12.8. The first-order chi connectivity index (χ1) is 12.1. The van der Waals surface area contributed by atoms with Gasteiger partial charge in [-0.25, -0.2) is 9.78 Å². The standard InChI is InChI=1S/C17H19N3O4S/c1-3-24-17(22)19-16-18-12-8-9-20(10-14(12)25-16)15(21)11-6-4-5-7-13(11)23-2/h4-7H,3,8-10H2,1-2H3,(H,18,19,22). The van der Waals surface area contributed by atoms with Crippen LogP contribution >= 0.6 is 11.3 Å². The van der Waals surface area contributed by atoms with Gasteiger partial charge in [0.25, 0.3) is 5.91 Å². The minimum Gasteiger partial charge on any atom is -0.496 e. The van der Waals surface area contributed by atoms with E-state index in [1.807, 2.05) is 12.1 Å². The van der Waals surface area contributed by atoms with Crippen LogP contribution in [0.3, 0.4) is 0 Å². The molecule has 0 spiro atoms. The van der Waals surface area contributed by atoms with E-state index in [1.54, 1.807) is 31.1 Å². The van der Waals surface area contributed by atoms with Gasteiger partial charge in [-0.1, -0.05) is 23.5 Å². The number of nitrogens with zero attached hydrogens (tertiary/aromatic N) is 2. The molecule has 0 radical (unpaired) electrons. The second-order valence-corrected chi connectivity index (χ2v) is 6.49. The van der Waals surface area contributed by atoms with E-state index in [0.29, 0.717) is 42.6 Å². The number of amides is 2. The van der Waals surface area contributed by atoms with Crippen LogP contribution in [0, 0.1) is 0 Å². The lowest BCUT2D eigenvalue weighted by molar-refractivity contribution is 0.0732. The molecule has 132 valence electrons. The Bertz CT molecular complexity index is 790. The van der Waals surface area contributed by atoms with Gasteiger partial charge in [-0.15, -0.1) is 0 Å². The molecule has 0 saturated heterocycles. The van der Waals surface area contributed by atoms with E-state index in [-0.39, 0.29) is 5.91 Å². The fraction of sp³-hybridized carbons (Fsp3) is 0.353. The lowest BCUT2D eigenvalue weighted by Gasteiger charge is -2.26. The SMILES string of the molecule is CCOC(=O)Nc1nc2c(s1)CN(C(=O)c1ccccc1OC)CC2. The number of hydrogen-bond acceptors (Lipinski definition) is 6.